The summed E-state index contributed by atoms with van der Waals surface area (Å²) in [6, 6.07) is 7.97. The van der Waals surface area contributed by atoms with Gasteiger partial charge < -0.3 is 10.1 Å². The first kappa shape index (κ1) is 20.7. The van der Waals surface area contributed by atoms with Gasteiger partial charge in [0.15, 0.2) is 4.34 Å². The van der Waals surface area contributed by atoms with Gasteiger partial charge in [0.05, 0.1) is 7.11 Å². The molecule has 5 nitrogen and oxygen atoms in total. The van der Waals surface area contributed by atoms with Crippen LogP contribution in [-0.4, -0.2) is 23.2 Å². The van der Waals surface area contributed by atoms with Crippen LogP contribution >= 0.6 is 23.1 Å². The van der Waals surface area contributed by atoms with Crippen molar-refractivity contribution in [3.05, 3.63) is 29.8 Å². The summed E-state index contributed by atoms with van der Waals surface area (Å²) < 4.78 is 6.08. The summed E-state index contributed by atoms with van der Waals surface area (Å²) in [6.07, 6.45) is 7.62. The van der Waals surface area contributed by atoms with Crippen LogP contribution in [0, 0.1) is 0 Å². The summed E-state index contributed by atoms with van der Waals surface area (Å²) in [7, 11) is 1.66. The molecular formula is C19H27N3O2S2. The van der Waals surface area contributed by atoms with Crippen LogP contribution in [0.1, 0.15) is 57.4 Å². The summed E-state index contributed by atoms with van der Waals surface area (Å²) in [5, 5.41) is 11.6. The van der Waals surface area contributed by atoms with Crippen LogP contribution in [0.5, 0.6) is 5.75 Å². The molecule has 0 bridgehead atoms. The summed E-state index contributed by atoms with van der Waals surface area (Å²) in [4.78, 5) is 12.0. The highest BCUT2D eigenvalue weighted by atomic mass is 32.2. The number of amides is 1. The van der Waals surface area contributed by atoms with Crippen molar-refractivity contribution in [2.24, 2.45) is 0 Å². The highest BCUT2D eigenvalue weighted by Crippen LogP contribution is 2.29. The topological polar surface area (TPSA) is 64.1 Å². The molecule has 1 aromatic heterocycles. The van der Waals surface area contributed by atoms with E-state index in [4.69, 9.17) is 4.74 Å². The molecule has 0 aliphatic heterocycles. The Morgan fingerprint density at radius 1 is 1.19 bits per heavy atom. The maximum Gasteiger partial charge on any atom is 0.226 e. The number of nitrogens with one attached hydrogen (secondary N) is 1. The lowest BCUT2D eigenvalue weighted by atomic mass is 10.1. The number of aromatic nitrogens is 2. The van der Waals surface area contributed by atoms with Crippen LogP contribution < -0.4 is 10.1 Å². The first-order chi connectivity index (χ1) is 12.7. The second-order valence-corrected chi connectivity index (χ2v) is 8.28. The van der Waals surface area contributed by atoms with Gasteiger partial charge in [-0.15, -0.1) is 10.2 Å². The van der Waals surface area contributed by atoms with E-state index in [0.29, 0.717) is 11.6 Å². The Balaban J connectivity index is 1.69. The molecule has 0 saturated heterocycles. The van der Waals surface area contributed by atoms with Crippen molar-refractivity contribution in [2.45, 2.75) is 62.0 Å². The molecule has 7 heteroatoms. The van der Waals surface area contributed by atoms with E-state index >= 15 is 0 Å². The van der Waals surface area contributed by atoms with E-state index in [0.717, 1.165) is 28.7 Å². The summed E-state index contributed by atoms with van der Waals surface area (Å²) in [6.45, 7) is 2.21. The minimum atomic E-state index is 0.0287. The average molecular weight is 394 g/mol. The predicted molar refractivity (Wildman–Crippen MR) is 109 cm³/mol. The minimum absolute atomic E-state index is 0.0287. The van der Waals surface area contributed by atoms with Crippen LogP contribution in [-0.2, 0) is 10.5 Å². The van der Waals surface area contributed by atoms with Crippen molar-refractivity contribution in [1.29, 1.82) is 0 Å². The Kier molecular flexibility index (Phi) is 9.48. The van der Waals surface area contributed by atoms with Gasteiger partial charge >= 0.3 is 0 Å². The largest absolute Gasteiger partial charge is 0.497 e. The fraction of sp³-hybridized carbons (Fsp3) is 0.526. The lowest BCUT2D eigenvalue weighted by Gasteiger charge is -2.02. The number of anilines is 1. The van der Waals surface area contributed by atoms with Gasteiger partial charge in [0.1, 0.15) is 5.75 Å². The zero-order chi connectivity index (χ0) is 18.6. The zero-order valence-electron chi connectivity index (χ0n) is 15.5. The molecule has 1 heterocycles. The van der Waals surface area contributed by atoms with Crippen molar-refractivity contribution in [1.82, 2.24) is 10.2 Å². The number of thioether (sulfide) groups is 1. The van der Waals surface area contributed by atoms with E-state index in [9.17, 15) is 4.79 Å². The standard InChI is InChI=1S/C19H27N3O2S2/c1-3-4-5-6-7-8-12-17(23)20-18-21-22-19(26-18)25-14-15-10-9-11-16(13-15)24-2/h9-11,13H,3-8,12,14H2,1-2H3,(H,20,21,23). The van der Waals surface area contributed by atoms with E-state index in [-0.39, 0.29) is 5.91 Å². The fourth-order valence-electron chi connectivity index (χ4n) is 2.47. The Labute approximate surface area is 163 Å². The zero-order valence-corrected chi connectivity index (χ0v) is 17.1. The Morgan fingerprint density at radius 3 is 2.81 bits per heavy atom. The molecule has 1 amide bonds. The van der Waals surface area contributed by atoms with E-state index < -0.39 is 0 Å². The number of carbonyl (C=O) groups excluding carboxylic acids is 1. The maximum absolute atomic E-state index is 12.0. The van der Waals surface area contributed by atoms with Crippen LogP contribution in [0.2, 0.25) is 0 Å². The number of unbranched alkanes of at least 4 members (excludes halogenated alkanes) is 5. The Morgan fingerprint density at radius 2 is 2.00 bits per heavy atom. The first-order valence-electron chi connectivity index (χ1n) is 9.10. The number of nitrogens with zero attached hydrogens (tertiary/aromatic N) is 2. The smallest absolute Gasteiger partial charge is 0.226 e. The van der Waals surface area contributed by atoms with Crippen molar-refractivity contribution >= 4 is 34.1 Å². The lowest BCUT2D eigenvalue weighted by molar-refractivity contribution is -0.116. The third-order valence-corrected chi connectivity index (χ3v) is 5.95. The first-order valence-corrected chi connectivity index (χ1v) is 10.9. The number of carbonyl (C=O) groups is 1. The van der Waals surface area contributed by atoms with Gasteiger partial charge in [-0.2, -0.15) is 0 Å². The van der Waals surface area contributed by atoms with Crippen molar-refractivity contribution in [2.75, 3.05) is 12.4 Å². The third-order valence-electron chi connectivity index (χ3n) is 3.91. The fourth-order valence-corrected chi connectivity index (χ4v) is 4.18. The molecule has 142 valence electrons. The molecule has 0 saturated carbocycles. The second kappa shape index (κ2) is 11.9. The number of hydrogen-bond donors (Lipinski definition) is 1. The van der Waals surface area contributed by atoms with Crippen molar-refractivity contribution < 1.29 is 9.53 Å². The highest BCUT2D eigenvalue weighted by Gasteiger charge is 2.09. The van der Waals surface area contributed by atoms with Gasteiger partial charge in [-0.05, 0) is 24.1 Å². The molecule has 0 aliphatic carbocycles. The van der Waals surface area contributed by atoms with Crippen LogP contribution in [0.3, 0.4) is 0 Å². The summed E-state index contributed by atoms with van der Waals surface area (Å²) >= 11 is 3.03. The number of benzene rings is 1. The summed E-state index contributed by atoms with van der Waals surface area (Å²) in [5.74, 6) is 1.67. The average Bonchev–Trinajstić information content (AvgIpc) is 3.10. The molecule has 1 N–H and O–H groups in total. The van der Waals surface area contributed by atoms with E-state index in [1.807, 2.05) is 18.2 Å². The van der Waals surface area contributed by atoms with E-state index in [2.05, 4.69) is 28.5 Å². The molecular weight excluding hydrogens is 366 g/mol. The van der Waals surface area contributed by atoms with Gasteiger partial charge in [0.25, 0.3) is 0 Å². The van der Waals surface area contributed by atoms with Crippen LogP contribution in [0.25, 0.3) is 0 Å². The van der Waals surface area contributed by atoms with Gasteiger partial charge in [0.2, 0.25) is 11.0 Å². The molecule has 0 atom stereocenters. The molecule has 26 heavy (non-hydrogen) atoms. The quantitative estimate of drug-likeness (QED) is 0.292. The number of hydrogen-bond acceptors (Lipinski definition) is 6. The molecule has 2 aromatic rings. The van der Waals surface area contributed by atoms with Crippen molar-refractivity contribution in [3.8, 4) is 5.75 Å². The molecule has 0 aliphatic rings. The lowest BCUT2D eigenvalue weighted by Crippen LogP contribution is -2.10. The number of rotatable bonds is 12. The minimum Gasteiger partial charge on any atom is -0.497 e. The highest BCUT2D eigenvalue weighted by molar-refractivity contribution is 8.00. The molecule has 0 radical (unpaired) electrons. The Hall–Kier alpha value is -1.60. The number of ether oxygens (including phenoxy) is 1. The monoisotopic (exact) mass is 393 g/mol. The molecule has 1 aromatic carbocycles. The normalized spacial score (nSPS) is 10.7. The predicted octanol–water partition coefficient (Wildman–Crippen LogP) is 5.53. The molecule has 0 spiro atoms. The Bertz CT molecular complexity index is 676. The van der Waals surface area contributed by atoms with Gasteiger partial charge in [-0.25, -0.2) is 0 Å². The summed E-state index contributed by atoms with van der Waals surface area (Å²) in [5.41, 5.74) is 1.17. The maximum atomic E-state index is 12.0. The molecule has 0 unspecified atom stereocenters. The third kappa shape index (κ3) is 7.74. The van der Waals surface area contributed by atoms with E-state index in [1.54, 1.807) is 18.9 Å². The van der Waals surface area contributed by atoms with Crippen LogP contribution in [0.4, 0.5) is 5.13 Å². The van der Waals surface area contributed by atoms with Gasteiger partial charge in [0, 0.05) is 12.2 Å². The second-order valence-electron chi connectivity index (χ2n) is 6.08. The van der Waals surface area contributed by atoms with Gasteiger partial charge in [-0.3, -0.25) is 4.79 Å². The number of methoxy groups -OCH3 is 1. The van der Waals surface area contributed by atoms with Crippen LogP contribution in [0.15, 0.2) is 28.6 Å². The van der Waals surface area contributed by atoms with E-state index in [1.165, 1.54) is 42.6 Å². The molecule has 0 fully saturated rings. The SMILES string of the molecule is CCCCCCCCC(=O)Nc1nnc(SCc2cccc(OC)c2)s1. The molecule has 2 rings (SSSR count). The van der Waals surface area contributed by atoms with Crippen molar-refractivity contribution in [3.63, 3.8) is 0 Å². The van der Waals surface area contributed by atoms with Gasteiger partial charge in [-0.1, -0.05) is 74.3 Å².